The van der Waals surface area contributed by atoms with Crippen LogP contribution < -0.4 is 0 Å². The molecule has 0 radical (unpaired) electrons. The molecule has 0 aliphatic rings. The number of benzene rings is 1. The molecule has 0 bridgehead atoms. The fraction of sp³-hybridized carbons (Fsp3) is 0. The molecule has 2 rings (SSSR count). The topological polar surface area (TPSA) is 46.3 Å². The molecule has 0 amide bonds. The van der Waals surface area contributed by atoms with Crippen LogP contribution in [0.4, 0.5) is 0 Å². The summed E-state index contributed by atoms with van der Waals surface area (Å²) in [6.07, 6.45) is 1.44. The fourth-order valence-corrected chi connectivity index (χ4v) is 1.24. The van der Waals surface area contributed by atoms with Gasteiger partial charge in [0.05, 0.1) is 0 Å². The van der Waals surface area contributed by atoms with E-state index in [9.17, 15) is 5.11 Å². The van der Waals surface area contributed by atoms with E-state index in [1.807, 2.05) is 0 Å². The first-order chi connectivity index (χ1) is 6.27. The third kappa shape index (κ3) is 1.51. The SMILES string of the molecule is Oc1ccc(Cl)cc1-c1ccon1. The third-order valence-corrected chi connectivity index (χ3v) is 1.91. The Morgan fingerprint density at radius 2 is 2.15 bits per heavy atom. The highest BCUT2D eigenvalue weighted by atomic mass is 35.5. The van der Waals surface area contributed by atoms with Gasteiger partial charge < -0.3 is 9.63 Å². The number of hydrogen-bond donors (Lipinski definition) is 1. The van der Waals surface area contributed by atoms with Gasteiger partial charge in [0, 0.05) is 16.7 Å². The second kappa shape index (κ2) is 3.11. The lowest BCUT2D eigenvalue weighted by Crippen LogP contribution is -1.78. The zero-order valence-electron chi connectivity index (χ0n) is 6.57. The molecule has 0 atom stereocenters. The molecule has 0 spiro atoms. The molecule has 0 saturated carbocycles. The molecular formula is C9H6ClNO2. The number of aromatic nitrogens is 1. The zero-order valence-corrected chi connectivity index (χ0v) is 7.32. The van der Waals surface area contributed by atoms with E-state index in [2.05, 4.69) is 9.68 Å². The van der Waals surface area contributed by atoms with Crippen LogP contribution in [0.2, 0.25) is 5.02 Å². The lowest BCUT2D eigenvalue weighted by molar-refractivity contribution is 0.421. The van der Waals surface area contributed by atoms with E-state index in [1.54, 1.807) is 18.2 Å². The van der Waals surface area contributed by atoms with Gasteiger partial charge in [-0.2, -0.15) is 0 Å². The van der Waals surface area contributed by atoms with E-state index in [4.69, 9.17) is 11.6 Å². The predicted molar refractivity (Wildman–Crippen MR) is 48.6 cm³/mol. The Kier molecular flexibility index (Phi) is 1.94. The molecule has 1 aromatic carbocycles. The second-order valence-corrected chi connectivity index (χ2v) is 2.98. The Balaban J connectivity index is 2.57. The van der Waals surface area contributed by atoms with Gasteiger partial charge in [0.2, 0.25) is 0 Å². The van der Waals surface area contributed by atoms with E-state index in [1.165, 1.54) is 12.3 Å². The lowest BCUT2D eigenvalue weighted by atomic mass is 10.1. The Morgan fingerprint density at radius 3 is 2.85 bits per heavy atom. The molecule has 1 N–H and O–H groups in total. The van der Waals surface area contributed by atoms with Crippen molar-refractivity contribution in [2.45, 2.75) is 0 Å². The largest absolute Gasteiger partial charge is 0.507 e. The Morgan fingerprint density at radius 1 is 1.31 bits per heavy atom. The Labute approximate surface area is 79.6 Å². The quantitative estimate of drug-likeness (QED) is 0.761. The van der Waals surface area contributed by atoms with Crippen molar-refractivity contribution in [3.63, 3.8) is 0 Å². The van der Waals surface area contributed by atoms with Crippen LogP contribution in [0, 0.1) is 0 Å². The molecule has 1 aromatic heterocycles. The first-order valence-electron chi connectivity index (χ1n) is 3.66. The van der Waals surface area contributed by atoms with E-state index < -0.39 is 0 Å². The van der Waals surface area contributed by atoms with Crippen molar-refractivity contribution in [3.8, 4) is 17.0 Å². The van der Waals surface area contributed by atoms with Crippen molar-refractivity contribution in [1.82, 2.24) is 5.16 Å². The van der Waals surface area contributed by atoms with Crippen molar-refractivity contribution in [2.75, 3.05) is 0 Å². The van der Waals surface area contributed by atoms with Gasteiger partial charge >= 0.3 is 0 Å². The summed E-state index contributed by atoms with van der Waals surface area (Å²) in [4.78, 5) is 0. The molecule has 0 saturated heterocycles. The van der Waals surface area contributed by atoms with E-state index >= 15 is 0 Å². The van der Waals surface area contributed by atoms with Gasteiger partial charge in [-0.05, 0) is 18.2 Å². The van der Waals surface area contributed by atoms with E-state index in [0.717, 1.165) is 0 Å². The van der Waals surface area contributed by atoms with Gasteiger partial charge in [-0.25, -0.2) is 0 Å². The van der Waals surface area contributed by atoms with Crippen LogP contribution in [-0.4, -0.2) is 10.3 Å². The van der Waals surface area contributed by atoms with Crippen LogP contribution in [0.5, 0.6) is 5.75 Å². The summed E-state index contributed by atoms with van der Waals surface area (Å²) in [6, 6.07) is 6.42. The maximum atomic E-state index is 9.47. The standard InChI is InChI=1S/C9H6ClNO2/c10-6-1-2-9(12)7(5-6)8-3-4-13-11-8/h1-5,12H. The lowest BCUT2D eigenvalue weighted by Gasteiger charge is -1.99. The average molecular weight is 196 g/mol. The van der Waals surface area contributed by atoms with Crippen LogP contribution >= 0.6 is 11.6 Å². The van der Waals surface area contributed by atoms with Gasteiger partial charge in [-0.15, -0.1) is 0 Å². The Hall–Kier alpha value is -1.48. The fourth-order valence-electron chi connectivity index (χ4n) is 1.06. The van der Waals surface area contributed by atoms with Crippen LogP contribution in [0.1, 0.15) is 0 Å². The number of nitrogens with zero attached hydrogens (tertiary/aromatic N) is 1. The van der Waals surface area contributed by atoms with Crippen molar-refractivity contribution in [2.24, 2.45) is 0 Å². The highest BCUT2D eigenvalue weighted by Gasteiger charge is 2.07. The monoisotopic (exact) mass is 195 g/mol. The minimum atomic E-state index is 0.137. The summed E-state index contributed by atoms with van der Waals surface area (Å²) < 4.78 is 4.66. The normalized spacial score (nSPS) is 10.2. The third-order valence-electron chi connectivity index (χ3n) is 1.67. The van der Waals surface area contributed by atoms with Crippen molar-refractivity contribution in [1.29, 1.82) is 0 Å². The smallest absolute Gasteiger partial charge is 0.125 e. The summed E-state index contributed by atoms with van der Waals surface area (Å²) in [5, 5.41) is 13.7. The zero-order chi connectivity index (χ0) is 9.26. The van der Waals surface area contributed by atoms with E-state index in [-0.39, 0.29) is 5.75 Å². The van der Waals surface area contributed by atoms with Gasteiger partial charge in [-0.3, -0.25) is 0 Å². The van der Waals surface area contributed by atoms with Crippen LogP contribution in [0.3, 0.4) is 0 Å². The van der Waals surface area contributed by atoms with Gasteiger partial charge in [0.25, 0.3) is 0 Å². The molecule has 0 aliphatic carbocycles. The van der Waals surface area contributed by atoms with Gasteiger partial charge in [0.1, 0.15) is 17.7 Å². The molecule has 66 valence electrons. The maximum Gasteiger partial charge on any atom is 0.125 e. The number of rotatable bonds is 1. The summed E-state index contributed by atoms with van der Waals surface area (Å²) in [5.41, 5.74) is 1.14. The van der Waals surface area contributed by atoms with E-state index in [0.29, 0.717) is 16.3 Å². The van der Waals surface area contributed by atoms with Crippen LogP contribution in [-0.2, 0) is 0 Å². The average Bonchev–Trinajstić information content (AvgIpc) is 2.61. The number of halogens is 1. The van der Waals surface area contributed by atoms with Crippen molar-refractivity contribution >= 4 is 11.6 Å². The van der Waals surface area contributed by atoms with Gasteiger partial charge in [-0.1, -0.05) is 16.8 Å². The molecule has 0 fully saturated rings. The number of hydrogen-bond acceptors (Lipinski definition) is 3. The minimum Gasteiger partial charge on any atom is -0.507 e. The maximum absolute atomic E-state index is 9.47. The molecule has 13 heavy (non-hydrogen) atoms. The molecule has 0 aliphatic heterocycles. The number of phenols is 1. The summed E-state index contributed by atoms with van der Waals surface area (Å²) in [5.74, 6) is 0.137. The molecule has 3 nitrogen and oxygen atoms in total. The molecule has 4 heteroatoms. The van der Waals surface area contributed by atoms with Crippen molar-refractivity contribution < 1.29 is 9.63 Å². The minimum absolute atomic E-state index is 0.137. The molecule has 1 heterocycles. The first-order valence-corrected chi connectivity index (χ1v) is 4.04. The number of aromatic hydroxyl groups is 1. The van der Waals surface area contributed by atoms with Crippen molar-refractivity contribution in [3.05, 3.63) is 35.6 Å². The van der Waals surface area contributed by atoms with Gasteiger partial charge in [0.15, 0.2) is 0 Å². The summed E-state index contributed by atoms with van der Waals surface area (Å²) in [6.45, 7) is 0. The Bertz CT molecular complexity index is 412. The highest BCUT2D eigenvalue weighted by Crippen LogP contribution is 2.30. The molecule has 0 unspecified atom stereocenters. The molecule has 2 aromatic rings. The molecular weight excluding hydrogens is 190 g/mol. The number of phenolic OH excluding ortho intramolecular Hbond substituents is 1. The summed E-state index contributed by atoms with van der Waals surface area (Å²) >= 11 is 5.76. The predicted octanol–water partition coefficient (Wildman–Crippen LogP) is 2.70. The first kappa shape index (κ1) is 8.13. The second-order valence-electron chi connectivity index (χ2n) is 2.55. The van der Waals surface area contributed by atoms with Crippen LogP contribution in [0.15, 0.2) is 35.1 Å². The summed E-state index contributed by atoms with van der Waals surface area (Å²) in [7, 11) is 0. The highest BCUT2D eigenvalue weighted by molar-refractivity contribution is 6.30. The van der Waals surface area contributed by atoms with Crippen LogP contribution in [0.25, 0.3) is 11.3 Å².